The van der Waals surface area contributed by atoms with Crippen LogP contribution >= 0.6 is 0 Å². The molecule has 2 aromatic rings. The average Bonchev–Trinajstić information content (AvgIpc) is 3.28. The Kier molecular flexibility index (Phi) is 6.16. The van der Waals surface area contributed by atoms with E-state index in [0.29, 0.717) is 0 Å². The molecule has 2 N–H and O–H groups in total. The van der Waals surface area contributed by atoms with Gasteiger partial charge in [0.15, 0.2) is 0 Å². The largest absolute Gasteiger partial charge is 0.497 e. The molecular formula is C22H30N4O3. The predicted octanol–water partition coefficient (Wildman–Crippen LogP) is 2.61. The van der Waals surface area contributed by atoms with Gasteiger partial charge < -0.3 is 24.8 Å². The summed E-state index contributed by atoms with van der Waals surface area (Å²) in [4.78, 5) is 11.1. The van der Waals surface area contributed by atoms with Crippen molar-refractivity contribution in [3.63, 3.8) is 0 Å². The van der Waals surface area contributed by atoms with E-state index in [-0.39, 0.29) is 18.1 Å². The van der Waals surface area contributed by atoms with Crippen molar-refractivity contribution in [2.24, 2.45) is 0 Å². The first-order valence-corrected chi connectivity index (χ1v) is 10.4. The fourth-order valence-electron chi connectivity index (χ4n) is 4.46. The van der Waals surface area contributed by atoms with Crippen molar-refractivity contribution in [2.45, 2.75) is 37.1 Å². The number of aliphatic hydroxyl groups excluding tert-OH is 1. The van der Waals surface area contributed by atoms with Crippen LogP contribution in [0.25, 0.3) is 0 Å². The number of nitrogens with one attached hydrogen (secondary N) is 1. The summed E-state index contributed by atoms with van der Waals surface area (Å²) >= 11 is 0. The van der Waals surface area contributed by atoms with Crippen LogP contribution in [0.15, 0.2) is 36.7 Å². The van der Waals surface area contributed by atoms with E-state index in [1.165, 1.54) is 5.56 Å². The molecule has 2 saturated heterocycles. The molecule has 2 fully saturated rings. The number of ether oxygens (including phenoxy) is 2. The zero-order chi connectivity index (χ0) is 20.1. The number of anilines is 2. The fourth-order valence-corrected chi connectivity index (χ4v) is 4.46. The summed E-state index contributed by atoms with van der Waals surface area (Å²) in [6.07, 6.45) is 5.61. The van der Waals surface area contributed by atoms with Gasteiger partial charge in [-0.05, 0) is 43.4 Å². The van der Waals surface area contributed by atoms with Gasteiger partial charge in [0.2, 0.25) is 0 Å². The Bertz CT molecular complexity index is 793. The Morgan fingerprint density at radius 3 is 2.76 bits per heavy atom. The van der Waals surface area contributed by atoms with Crippen LogP contribution in [0.1, 0.15) is 31.2 Å². The second kappa shape index (κ2) is 8.97. The maximum Gasteiger partial charge on any atom is 0.134 e. The lowest BCUT2D eigenvalue weighted by molar-refractivity contribution is 0.0543. The molecule has 2 aliphatic heterocycles. The summed E-state index contributed by atoms with van der Waals surface area (Å²) in [6.45, 7) is 3.38. The third-order valence-electron chi connectivity index (χ3n) is 6.29. The van der Waals surface area contributed by atoms with Gasteiger partial charge in [-0.1, -0.05) is 12.1 Å². The molecule has 4 rings (SSSR count). The second-order valence-electron chi connectivity index (χ2n) is 7.91. The number of aromatic nitrogens is 2. The molecule has 29 heavy (non-hydrogen) atoms. The molecule has 7 heteroatoms. The average molecular weight is 399 g/mol. The molecule has 0 aliphatic carbocycles. The van der Waals surface area contributed by atoms with Crippen molar-refractivity contribution in [3.8, 4) is 5.75 Å². The first-order chi connectivity index (χ1) is 14.2. The molecule has 0 spiro atoms. The van der Waals surface area contributed by atoms with Crippen LogP contribution < -0.4 is 15.0 Å². The molecule has 1 unspecified atom stereocenters. The fraction of sp³-hybridized carbons (Fsp3) is 0.545. The first-order valence-electron chi connectivity index (χ1n) is 10.4. The van der Waals surface area contributed by atoms with E-state index in [9.17, 15) is 5.11 Å². The predicted molar refractivity (Wildman–Crippen MR) is 113 cm³/mol. The summed E-state index contributed by atoms with van der Waals surface area (Å²) in [5.41, 5.74) is 1.29. The van der Waals surface area contributed by atoms with Crippen molar-refractivity contribution in [2.75, 3.05) is 50.2 Å². The quantitative estimate of drug-likeness (QED) is 0.742. The Morgan fingerprint density at radius 1 is 1.24 bits per heavy atom. The zero-order valence-electron chi connectivity index (χ0n) is 17.0. The zero-order valence-corrected chi connectivity index (χ0v) is 17.0. The van der Waals surface area contributed by atoms with Gasteiger partial charge in [-0.15, -0.1) is 0 Å². The standard InChI is InChI=1S/C22H30N4O3/c1-28-19-6-4-17(5-7-19)22(8-11-29-12-9-22)15-23-20-13-21(25-16-24-20)26-10-2-3-18(26)14-27/h4-7,13,16,18,27H,2-3,8-12,14-15H2,1H3,(H,23,24,25). The van der Waals surface area contributed by atoms with Gasteiger partial charge in [-0.25, -0.2) is 9.97 Å². The van der Waals surface area contributed by atoms with Crippen molar-refractivity contribution < 1.29 is 14.6 Å². The molecule has 1 aromatic heterocycles. The third kappa shape index (κ3) is 4.31. The lowest BCUT2D eigenvalue weighted by Gasteiger charge is -2.38. The topological polar surface area (TPSA) is 79.7 Å². The second-order valence-corrected chi connectivity index (χ2v) is 7.91. The lowest BCUT2D eigenvalue weighted by atomic mass is 9.74. The summed E-state index contributed by atoms with van der Waals surface area (Å²) in [6, 6.07) is 10.5. The molecule has 2 aliphatic rings. The Morgan fingerprint density at radius 2 is 2.03 bits per heavy atom. The number of rotatable bonds is 7. The van der Waals surface area contributed by atoms with Gasteiger partial charge in [0.25, 0.3) is 0 Å². The first kappa shape index (κ1) is 19.9. The summed E-state index contributed by atoms with van der Waals surface area (Å²) in [5.74, 6) is 2.57. The maximum absolute atomic E-state index is 9.62. The minimum absolute atomic E-state index is 0.00306. The molecule has 0 radical (unpaired) electrons. The van der Waals surface area contributed by atoms with Crippen LogP contribution in [0, 0.1) is 0 Å². The Hall–Kier alpha value is -2.38. The minimum Gasteiger partial charge on any atom is -0.497 e. The normalized spacial score (nSPS) is 21.2. The van der Waals surface area contributed by atoms with E-state index in [4.69, 9.17) is 9.47 Å². The van der Waals surface area contributed by atoms with E-state index in [2.05, 4.69) is 32.3 Å². The Balaban J connectivity index is 1.51. The van der Waals surface area contributed by atoms with Gasteiger partial charge in [0.1, 0.15) is 23.7 Å². The monoisotopic (exact) mass is 398 g/mol. The van der Waals surface area contributed by atoms with Crippen LogP contribution in [0.5, 0.6) is 5.75 Å². The van der Waals surface area contributed by atoms with Crippen LogP contribution in [0.2, 0.25) is 0 Å². The van der Waals surface area contributed by atoms with E-state index in [1.807, 2.05) is 18.2 Å². The molecule has 3 heterocycles. The maximum atomic E-state index is 9.62. The molecule has 7 nitrogen and oxygen atoms in total. The van der Waals surface area contributed by atoms with Crippen LogP contribution in [-0.4, -0.2) is 61.1 Å². The van der Waals surface area contributed by atoms with Crippen LogP contribution in [0.3, 0.4) is 0 Å². The molecule has 156 valence electrons. The lowest BCUT2D eigenvalue weighted by Crippen LogP contribution is -2.40. The summed E-state index contributed by atoms with van der Waals surface area (Å²) in [7, 11) is 1.69. The number of hydrogen-bond acceptors (Lipinski definition) is 7. The molecule has 0 amide bonds. The van der Waals surface area contributed by atoms with E-state index < -0.39 is 0 Å². The number of methoxy groups -OCH3 is 1. The number of nitrogens with zero attached hydrogens (tertiary/aromatic N) is 3. The SMILES string of the molecule is COc1ccc(C2(CNc3cc(N4CCCC4CO)ncn3)CCOCC2)cc1. The summed E-state index contributed by atoms with van der Waals surface area (Å²) < 4.78 is 11.0. The molecule has 1 aromatic carbocycles. The number of hydrogen-bond donors (Lipinski definition) is 2. The van der Waals surface area contributed by atoms with Gasteiger partial charge in [-0.3, -0.25) is 0 Å². The van der Waals surface area contributed by atoms with Gasteiger partial charge in [-0.2, -0.15) is 0 Å². The highest BCUT2D eigenvalue weighted by atomic mass is 16.5. The molecular weight excluding hydrogens is 368 g/mol. The van der Waals surface area contributed by atoms with Gasteiger partial charge in [0, 0.05) is 37.8 Å². The van der Waals surface area contributed by atoms with E-state index in [0.717, 1.165) is 69.4 Å². The van der Waals surface area contributed by atoms with Gasteiger partial charge >= 0.3 is 0 Å². The molecule has 0 saturated carbocycles. The van der Waals surface area contributed by atoms with Crippen molar-refractivity contribution in [3.05, 3.63) is 42.2 Å². The smallest absolute Gasteiger partial charge is 0.134 e. The minimum atomic E-state index is -0.00306. The van der Waals surface area contributed by atoms with Crippen molar-refractivity contribution in [1.82, 2.24) is 9.97 Å². The van der Waals surface area contributed by atoms with Gasteiger partial charge in [0.05, 0.1) is 19.8 Å². The molecule has 0 bridgehead atoms. The van der Waals surface area contributed by atoms with E-state index >= 15 is 0 Å². The third-order valence-corrected chi connectivity index (χ3v) is 6.29. The summed E-state index contributed by atoms with van der Waals surface area (Å²) in [5, 5.41) is 13.2. The van der Waals surface area contributed by atoms with E-state index in [1.54, 1.807) is 13.4 Å². The van der Waals surface area contributed by atoms with Crippen molar-refractivity contribution >= 4 is 11.6 Å². The number of aliphatic hydroxyl groups is 1. The van der Waals surface area contributed by atoms with Crippen LogP contribution in [0.4, 0.5) is 11.6 Å². The number of benzene rings is 1. The van der Waals surface area contributed by atoms with Crippen molar-refractivity contribution in [1.29, 1.82) is 0 Å². The molecule has 1 atom stereocenters. The van der Waals surface area contributed by atoms with Crippen LogP contribution in [-0.2, 0) is 10.2 Å². The highest BCUT2D eigenvalue weighted by Crippen LogP contribution is 2.36. The Labute approximate surface area is 172 Å². The highest BCUT2D eigenvalue weighted by Gasteiger charge is 2.34. The highest BCUT2D eigenvalue weighted by molar-refractivity contribution is 5.50.